The lowest BCUT2D eigenvalue weighted by Crippen LogP contribution is -2.29. The minimum absolute atomic E-state index is 0.0138. The summed E-state index contributed by atoms with van der Waals surface area (Å²) in [4.78, 5) is 14.7. The van der Waals surface area contributed by atoms with Gasteiger partial charge in [0.05, 0.1) is 23.5 Å². The molecular formula is C27H31ClN2O5S2. The molecular weight excluding hydrogens is 532 g/mol. The first-order valence-corrected chi connectivity index (χ1v) is 14.7. The van der Waals surface area contributed by atoms with Crippen molar-refractivity contribution in [3.8, 4) is 11.5 Å². The first-order chi connectivity index (χ1) is 17.8. The number of benzene rings is 2. The summed E-state index contributed by atoms with van der Waals surface area (Å²) >= 11 is 6.87. The number of carbonyl (C=O) groups is 1. The van der Waals surface area contributed by atoms with Crippen LogP contribution in [0.2, 0.25) is 5.02 Å². The molecule has 0 spiro atoms. The molecule has 0 aliphatic carbocycles. The van der Waals surface area contributed by atoms with E-state index in [1.165, 1.54) is 54.5 Å². The van der Waals surface area contributed by atoms with Gasteiger partial charge in [0.15, 0.2) is 16.7 Å². The lowest BCUT2D eigenvalue weighted by Gasteiger charge is -2.12. The molecule has 0 bridgehead atoms. The monoisotopic (exact) mass is 562 g/mol. The highest BCUT2D eigenvalue weighted by molar-refractivity contribution is 8.19. The van der Waals surface area contributed by atoms with E-state index in [0.29, 0.717) is 28.0 Å². The van der Waals surface area contributed by atoms with E-state index in [2.05, 4.69) is 17.9 Å². The van der Waals surface area contributed by atoms with Crippen LogP contribution in [0, 0.1) is 0 Å². The van der Waals surface area contributed by atoms with E-state index in [4.69, 9.17) is 21.1 Å². The molecule has 0 saturated carbocycles. The second kappa shape index (κ2) is 13.7. The van der Waals surface area contributed by atoms with E-state index in [-0.39, 0.29) is 22.5 Å². The smallest absolute Gasteiger partial charge is 0.284 e. The van der Waals surface area contributed by atoms with Crippen molar-refractivity contribution in [2.45, 2.75) is 43.9 Å². The summed E-state index contributed by atoms with van der Waals surface area (Å²) < 4.78 is 41.1. The largest absolute Gasteiger partial charge is 0.493 e. The summed E-state index contributed by atoms with van der Waals surface area (Å²) in [6.07, 6.45) is 8.84. The minimum atomic E-state index is -4.05. The molecule has 3 rings (SSSR count). The number of hydrogen-bond acceptors (Lipinski definition) is 6. The number of amidine groups is 1. The highest BCUT2D eigenvalue weighted by Crippen LogP contribution is 2.35. The summed E-state index contributed by atoms with van der Waals surface area (Å²) in [5.41, 5.74) is 0.720. The third kappa shape index (κ3) is 7.87. The molecule has 1 aliphatic heterocycles. The van der Waals surface area contributed by atoms with E-state index < -0.39 is 10.0 Å². The van der Waals surface area contributed by atoms with Gasteiger partial charge in [0.25, 0.3) is 15.9 Å². The molecule has 0 atom stereocenters. The van der Waals surface area contributed by atoms with E-state index in [9.17, 15) is 13.2 Å². The Kier molecular flexibility index (Phi) is 10.7. The Labute approximate surface area is 228 Å². The van der Waals surface area contributed by atoms with Crippen LogP contribution in [0.1, 0.15) is 44.6 Å². The lowest BCUT2D eigenvalue weighted by molar-refractivity contribution is -0.121. The van der Waals surface area contributed by atoms with Gasteiger partial charge in [-0.2, -0.15) is 8.42 Å². The molecule has 198 valence electrons. The van der Waals surface area contributed by atoms with Crippen LogP contribution >= 0.6 is 23.4 Å². The maximum absolute atomic E-state index is 13.1. The fourth-order valence-corrected chi connectivity index (χ4v) is 5.88. The topological polar surface area (TPSA) is 85.3 Å². The van der Waals surface area contributed by atoms with Crippen LogP contribution in [-0.2, 0) is 14.8 Å². The zero-order chi connectivity index (χ0) is 26.8. The van der Waals surface area contributed by atoms with Gasteiger partial charge in [-0.3, -0.25) is 9.69 Å². The zero-order valence-electron chi connectivity index (χ0n) is 21.0. The number of ether oxygens (including phenoxy) is 2. The van der Waals surface area contributed by atoms with E-state index in [1.807, 2.05) is 12.1 Å². The second-order valence-electron chi connectivity index (χ2n) is 8.29. The molecule has 2 aromatic carbocycles. The molecule has 0 unspecified atom stereocenters. The Morgan fingerprint density at radius 3 is 2.49 bits per heavy atom. The number of nitrogens with zero attached hydrogens (tertiary/aromatic N) is 2. The molecule has 7 nitrogen and oxygen atoms in total. The summed E-state index contributed by atoms with van der Waals surface area (Å²) in [6, 6.07) is 11.1. The van der Waals surface area contributed by atoms with Crippen molar-refractivity contribution in [1.29, 1.82) is 0 Å². The van der Waals surface area contributed by atoms with Crippen LogP contribution in [-0.4, -0.2) is 44.7 Å². The predicted molar refractivity (Wildman–Crippen MR) is 151 cm³/mol. The number of rotatable bonds is 13. The van der Waals surface area contributed by atoms with Crippen LogP contribution in [0.5, 0.6) is 11.5 Å². The Bertz CT molecular complexity index is 1270. The van der Waals surface area contributed by atoms with Gasteiger partial charge in [-0.25, -0.2) is 0 Å². The number of hydrogen-bond donors (Lipinski definition) is 0. The van der Waals surface area contributed by atoms with Gasteiger partial charge in [-0.1, -0.05) is 56.4 Å². The van der Waals surface area contributed by atoms with Gasteiger partial charge in [0.1, 0.15) is 0 Å². The first kappa shape index (κ1) is 28.8. The number of sulfonamides is 1. The number of thioether (sulfide) groups is 1. The average Bonchev–Trinajstić information content (AvgIpc) is 3.15. The number of unbranched alkanes of at least 4 members (excludes halogenated alkanes) is 4. The molecule has 1 fully saturated rings. The molecule has 1 heterocycles. The first-order valence-electron chi connectivity index (χ1n) is 12.0. The molecule has 10 heteroatoms. The van der Waals surface area contributed by atoms with Crippen molar-refractivity contribution in [2.75, 3.05) is 20.3 Å². The number of methoxy groups -OCH3 is 1. The number of halogens is 1. The Hall–Kier alpha value is -2.75. The molecule has 1 aliphatic rings. The molecule has 37 heavy (non-hydrogen) atoms. The van der Waals surface area contributed by atoms with Crippen molar-refractivity contribution < 1.29 is 22.7 Å². The van der Waals surface area contributed by atoms with Gasteiger partial charge in [-0.05, 0) is 66.2 Å². The molecule has 0 N–H and O–H groups in total. The van der Waals surface area contributed by atoms with Crippen molar-refractivity contribution in [3.05, 3.63) is 70.6 Å². The van der Waals surface area contributed by atoms with Gasteiger partial charge >= 0.3 is 0 Å². The van der Waals surface area contributed by atoms with Crippen LogP contribution < -0.4 is 9.47 Å². The van der Waals surface area contributed by atoms with Gasteiger partial charge in [-0.15, -0.1) is 11.0 Å². The maximum Gasteiger partial charge on any atom is 0.284 e. The summed E-state index contributed by atoms with van der Waals surface area (Å²) in [5, 5.41) is 0.470. The second-order valence-corrected chi connectivity index (χ2v) is 11.3. The Morgan fingerprint density at radius 2 is 1.81 bits per heavy atom. The average molecular weight is 563 g/mol. The Balaban J connectivity index is 1.84. The van der Waals surface area contributed by atoms with Crippen molar-refractivity contribution in [1.82, 2.24) is 4.90 Å². The van der Waals surface area contributed by atoms with Crippen molar-refractivity contribution >= 4 is 50.5 Å². The third-order valence-electron chi connectivity index (χ3n) is 5.50. The van der Waals surface area contributed by atoms with Crippen LogP contribution in [0.15, 0.2) is 69.3 Å². The standard InChI is InChI=1S/C27H31ClN2O5S2/c1-4-6-7-8-9-17-35-24-18-20(10-15-23(24)34-3)19-25-26(31)30(16-5-2)27(36-25)29-37(32,33)22-13-11-21(28)12-14-22/h5,10-15,18-19H,2,4,6-9,16-17H2,1,3H3/b25-19-,29-27?. The summed E-state index contributed by atoms with van der Waals surface area (Å²) in [6.45, 7) is 6.54. The molecule has 2 aromatic rings. The van der Waals surface area contributed by atoms with Crippen LogP contribution in [0.3, 0.4) is 0 Å². The maximum atomic E-state index is 13.1. The normalized spacial score (nSPS) is 16.0. The summed E-state index contributed by atoms with van der Waals surface area (Å²) in [7, 11) is -2.47. The third-order valence-corrected chi connectivity index (χ3v) is 8.16. The predicted octanol–water partition coefficient (Wildman–Crippen LogP) is 6.55. The van der Waals surface area contributed by atoms with Crippen molar-refractivity contribution in [3.63, 3.8) is 0 Å². The van der Waals surface area contributed by atoms with E-state index >= 15 is 0 Å². The fourth-order valence-electron chi connectivity index (χ4n) is 3.56. The van der Waals surface area contributed by atoms with E-state index in [0.717, 1.165) is 30.2 Å². The van der Waals surface area contributed by atoms with Crippen LogP contribution in [0.4, 0.5) is 0 Å². The number of amides is 1. The highest BCUT2D eigenvalue weighted by Gasteiger charge is 2.34. The van der Waals surface area contributed by atoms with Gasteiger partial charge < -0.3 is 9.47 Å². The van der Waals surface area contributed by atoms with Gasteiger partial charge in [0, 0.05) is 11.6 Å². The molecule has 0 radical (unpaired) electrons. The minimum Gasteiger partial charge on any atom is -0.493 e. The lowest BCUT2D eigenvalue weighted by atomic mass is 10.1. The molecule has 1 amide bonds. The summed E-state index contributed by atoms with van der Waals surface area (Å²) in [5.74, 6) is 0.833. The van der Waals surface area contributed by atoms with Crippen LogP contribution in [0.25, 0.3) is 6.08 Å². The SMILES string of the molecule is C=CCN1C(=O)/C(=C/c2ccc(OC)c(OCCCCCCC)c2)SC1=NS(=O)(=O)c1ccc(Cl)cc1. The Morgan fingerprint density at radius 1 is 1.08 bits per heavy atom. The zero-order valence-corrected chi connectivity index (χ0v) is 23.4. The molecule has 1 saturated heterocycles. The van der Waals surface area contributed by atoms with Gasteiger partial charge in [0.2, 0.25) is 0 Å². The molecule has 0 aromatic heterocycles. The fraction of sp³-hybridized carbons (Fsp3) is 0.333. The number of carbonyl (C=O) groups excluding carboxylic acids is 1. The highest BCUT2D eigenvalue weighted by atomic mass is 35.5. The van der Waals surface area contributed by atoms with Crippen molar-refractivity contribution in [2.24, 2.45) is 4.40 Å². The van der Waals surface area contributed by atoms with E-state index in [1.54, 1.807) is 19.3 Å². The quantitative estimate of drug-likeness (QED) is 0.156.